The topological polar surface area (TPSA) is 0 Å². The van der Waals surface area contributed by atoms with Crippen molar-refractivity contribution in [3.8, 4) is 0 Å². The Morgan fingerprint density at radius 3 is 0.714 bits per heavy atom. The maximum absolute atomic E-state index is 12.2. The molecule has 0 radical (unpaired) electrons. The molecule has 0 aromatic rings. The van der Waals surface area contributed by atoms with E-state index in [1.807, 2.05) is 63.7 Å². The highest BCUT2D eigenvalue weighted by Crippen LogP contribution is 2.62. The molecule has 0 unspecified atom stereocenters. The quantitative estimate of drug-likeness (QED) is 0.362. The van der Waals surface area contributed by atoms with E-state index in [4.69, 9.17) is 0 Å². The molecule has 10 heteroatoms. The summed E-state index contributed by atoms with van der Waals surface area (Å²) in [5.41, 5.74) is 0. The van der Waals surface area contributed by atoms with Gasteiger partial charge in [-0.3, -0.25) is 0 Å². The normalized spacial score (nSPS) is 15.9. The minimum Gasteiger partial charge on any atom is -0.168 e. The number of hydrogen-bond acceptors (Lipinski definition) is 0. The molecule has 0 spiro atoms. The van der Waals surface area contributed by atoms with Crippen LogP contribution >= 0.6 is 63.7 Å². The van der Waals surface area contributed by atoms with E-state index in [9.17, 15) is 26.3 Å². The van der Waals surface area contributed by atoms with Crippen LogP contribution in [0.25, 0.3) is 0 Å². The van der Waals surface area contributed by atoms with E-state index in [0.29, 0.717) is 0 Å². The summed E-state index contributed by atoms with van der Waals surface area (Å²) in [4.78, 5) is 0. The fraction of sp³-hybridized carbons (Fsp3) is 1.00. The molecule has 0 fully saturated rings. The lowest BCUT2D eigenvalue weighted by molar-refractivity contribution is -0.182. The van der Waals surface area contributed by atoms with Gasteiger partial charge in [0.25, 0.3) is 0 Å². The van der Waals surface area contributed by atoms with Crippen LogP contribution < -0.4 is 0 Å². The van der Waals surface area contributed by atoms with Crippen molar-refractivity contribution in [1.29, 1.82) is 0 Å². The zero-order valence-electron chi connectivity index (χ0n) is 5.78. The summed E-state index contributed by atoms with van der Waals surface area (Å²) in [6.07, 6.45) is -10.3. The van der Waals surface area contributed by atoms with Crippen molar-refractivity contribution in [3.63, 3.8) is 0 Å². The maximum Gasteiger partial charge on any atom is 0.416 e. The number of rotatable bonds is 1. The summed E-state index contributed by atoms with van der Waals surface area (Å²) in [6.45, 7) is 0. The van der Waals surface area contributed by atoms with Crippen LogP contribution in [-0.4, -0.2) is 18.8 Å². The molecule has 0 aliphatic rings. The molecule has 0 amide bonds. The second kappa shape index (κ2) is 4.06. The molecule has 0 atom stereocenters. The molecular formula is C4Br4F6. The third-order valence-electron chi connectivity index (χ3n) is 1.11. The Hall–Kier alpha value is 1.50. The van der Waals surface area contributed by atoms with Gasteiger partial charge in [0.2, 0.25) is 6.47 Å². The third-order valence-corrected chi connectivity index (χ3v) is 7.41. The first-order valence-corrected chi connectivity index (χ1v) is 5.81. The molecule has 0 heterocycles. The van der Waals surface area contributed by atoms with E-state index in [-0.39, 0.29) is 0 Å². The summed E-state index contributed by atoms with van der Waals surface area (Å²) in [5.74, 6) is 0. The van der Waals surface area contributed by atoms with E-state index >= 15 is 0 Å². The predicted molar refractivity (Wildman–Crippen MR) is 53.3 cm³/mol. The van der Waals surface area contributed by atoms with E-state index in [1.54, 1.807) is 0 Å². The van der Waals surface area contributed by atoms with Gasteiger partial charge < -0.3 is 0 Å². The van der Waals surface area contributed by atoms with Gasteiger partial charge in [-0.1, -0.05) is 63.7 Å². The molecule has 0 aliphatic heterocycles. The van der Waals surface area contributed by atoms with Crippen LogP contribution in [-0.2, 0) is 0 Å². The average molecular weight is 482 g/mol. The molecule has 0 aromatic carbocycles. The minimum atomic E-state index is -5.14. The zero-order chi connectivity index (χ0) is 12.0. The Morgan fingerprint density at radius 2 is 0.643 bits per heavy atom. The first-order chi connectivity index (χ1) is 5.75. The van der Waals surface area contributed by atoms with Crippen LogP contribution in [0, 0.1) is 0 Å². The maximum atomic E-state index is 12.2. The van der Waals surface area contributed by atoms with Gasteiger partial charge in [-0.15, -0.1) is 0 Å². The van der Waals surface area contributed by atoms with Gasteiger partial charge in [0.05, 0.1) is 0 Å². The van der Waals surface area contributed by atoms with Crippen molar-refractivity contribution >= 4 is 63.7 Å². The van der Waals surface area contributed by atoms with Crippen molar-refractivity contribution < 1.29 is 26.3 Å². The summed E-state index contributed by atoms with van der Waals surface area (Å²) in [5, 5.41) is 0. The van der Waals surface area contributed by atoms with Gasteiger partial charge in [0.15, 0.2) is 0 Å². The summed E-state index contributed by atoms with van der Waals surface area (Å²) >= 11 is 7.75. The van der Waals surface area contributed by atoms with Crippen molar-refractivity contribution in [2.24, 2.45) is 0 Å². The van der Waals surface area contributed by atoms with E-state index in [2.05, 4.69) is 0 Å². The van der Waals surface area contributed by atoms with Crippen LogP contribution in [0.4, 0.5) is 26.3 Å². The molecule has 0 rings (SSSR count). The Morgan fingerprint density at radius 1 is 0.500 bits per heavy atom. The van der Waals surface area contributed by atoms with Crippen molar-refractivity contribution in [2.45, 2.75) is 18.8 Å². The first-order valence-electron chi connectivity index (χ1n) is 2.64. The Balaban J connectivity index is 5.30. The van der Waals surface area contributed by atoms with Crippen molar-refractivity contribution in [2.75, 3.05) is 0 Å². The third kappa shape index (κ3) is 2.60. The standard InChI is InChI=1S/C4Br4F6/c5-1(6,3(9,10)11)2(7,8)4(12,13)14. The van der Waals surface area contributed by atoms with Gasteiger partial charge in [-0.25, -0.2) is 0 Å². The largest absolute Gasteiger partial charge is 0.416 e. The van der Waals surface area contributed by atoms with Crippen LogP contribution in [0.15, 0.2) is 0 Å². The first kappa shape index (κ1) is 15.5. The summed E-state index contributed by atoms with van der Waals surface area (Å²) in [7, 11) is 0. The second-order valence-electron chi connectivity index (χ2n) is 2.14. The Labute approximate surface area is 108 Å². The summed E-state index contributed by atoms with van der Waals surface area (Å²) < 4.78 is 66.5. The smallest absolute Gasteiger partial charge is 0.168 e. The molecule has 0 saturated heterocycles. The van der Waals surface area contributed by atoms with Crippen molar-refractivity contribution in [1.82, 2.24) is 0 Å². The second-order valence-corrected chi connectivity index (χ2v) is 9.03. The van der Waals surface area contributed by atoms with Gasteiger partial charge in [-0.2, -0.15) is 26.3 Å². The van der Waals surface area contributed by atoms with E-state index in [1.165, 1.54) is 0 Å². The molecular weight excluding hydrogens is 482 g/mol. The molecule has 0 saturated carbocycles. The van der Waals surface area contributed by atoms with Crippen molar-refractivity contribution in [3.05, 3.63) is 0 Å². The molecule has 0 bridgehead atoms. The number of alkyl halides is 10. The van der Waals surface area contributed by atoms with Gasteiger partial charge in [0, 0.05) is 0 Å². The number of hydrogen-bond donors (Lipinski definition) is 0. The van der Waals surface area contributed by atoms with Gasteiger partial charge >= 0.3 is 12.4 Å². The molecule has 86 valence electrons. The Kier molecular flexibility index (Phi) is 4.50. The van der Waals surface area contributed by atoms with E-state index in [0.717, 1.165) is 0 Å². The Bertz CT molecular complexity index is 191. The highest BCUT2D eigenvalue weighted by atomic mass is 79.9. The van der Waals surface area contributed by atoms with Gasteiger partial charge in [0.1, 0.15) is 0 Å². The lowest BCUT2D eigenvalue weighted by atomic mass is 10.3. The molecule has 0 aliphatic carbocycles. The zero-order valence-corrected chi connectivity index (χ0v) is 12.1. The SMILES string of the molecule is FC(F)(F)C(Br)(Br)C(Br)(Br)C(F)(F)F. The van der Waals surface area contributed by atoms with Crippen LogP contribution in [0.5, 0.6) is 0 Å². The monoisotopic (exact) mass is 478 g/mol. The lowest BCUT2D eigenvalue weighted by Crippen LogP contribution is -2.54. The molecule has 14 heavy (non-hydrogen) atoms. The number of halogens is 10. The fourth-order valence-corrected chi connectivity index (χ4v) is 1.26. The van der Waals surface area contributed by atoms with Gasteiger partial charge in [-0.05, 0) is 0 Å². The molecule has 0 N–H and O–H groups in total. The fourth-order valence-electron chi connectivity index (χ4n) is 0.356. The summed E-state index contributed by atoms with van der Waals surface area (Å²) in [6, 6.07) is 0. The minimum absolute atomic E-state index is 1.94. The molecule has 0 nitrogen and oxygen atoms in total. The highest BCUT2D eigenvalue weighted by molar-refractivity contribution is 9.30. The van der Waals surface area contributed by atoms with Crippen LogP contribution in [0.3, 0.4) is 0 Å². The van der Waals surface area contributed by atoms with Crippen LogP contribution in [0.2, 0.25) is 0 Å². The lowest BCUT2D eigenvalue weighted by Gasteiger charge is -2.36. The van der Waals surface area contributed by atoms with E-state index < -0.39 is 18.8 Å². The van der Waals surface area contributed by atoms with Crippen LogP contribution in [0.1, 0.15) is 0 Å². The predicted octanol–water partition coefficient (Wildman–Crippen LogP) is 5.08. The molecule has 0 aromatic heterocycles. The highest BCUT2D eigenvalue weighted by Gasteiger charge is 2.73. The average Bonchev–Trinajstić information content (AvgIpc) is 1.81.